The second-order valence-corrected chi connectivity index (χ2v) is 3.23. The molecule has 0 aliphatic carbocycles. The lowest BCUT2D eigenvalue weighted by Crippen LogP contribution is -2.15. The number of pyridine rings is 1. The lowest BCUT2D eigenvalue weighted by Gasteiger charge is -2.05. The first-order valence-corrected chi connectivity index (χ1v) is 4.46. The van der Waals surface area contributed by atoms with Gasteiger partial charge in [-0.2, -0.15) is 0 Å². The number of nitrogens with two attached hydrogens (primary N) is 1. The maximum absolute atomic E-state index is 11.0. The van der Waals surface area contributed by atoms with E-state index in [9.17, 15) is 4.79 Å². The molecule has 0 unspecified atom stereocenters. The molecule has 0 aromatic carbocycles. The van der Waals surface area contributed by atoms with Crippen LogP contribution in [0.1, 0.15) is 22.8 Å². The number of halogens is 2. The van der Waals surface area contributed by atoms with Crippen LogP contribution in [0, 0.1) is 0 Å². The summed E-state index contributed by atoms with van der Waals surface area (Å²) in [6.07, 6.45) is 0.639. The van der Waals surface area contributed by atoms with Crippen molar-refractivity contribution < 1.29 is 4.79 Å². The van der Waals surface area contributed by atoms with Gasteiger partial charge in [-0.15, -0.1) is 0 Å². The van der Waals surface area contributed by atoms with E-state index in [1.54, 1.807) is 6.07 Å². The molecule has 70 valence electrons. The van der Waals surface area contributed by atoms with Gasteiger partial charge in [-0.1, -0.05) is 30.1 Å². The Bertz CT molecular complexity index is 352. The van der Waals surface area contributed by atoms with Crippen LogP contribution >= 0.6 is 23.2 Å². The number of amides is 1. The van der Waals surface area contributed by atoms with Gasteiger partial charge >= 0.3 is 0 Å². The highest BCUT2D eigenvalue weighted by atomic mass is 35.5. The Morgan fingerprint density at radius 1 is 1.62 bits per heavy atom. The number of primary amides is 1. The summed E-state index contributed by atoms with van der Waals surface area (Å²) in [5, 5.41) is 0.337. The highest BCUT2D eigenvalue weighted by Gasteiger charge is 2.13. The summed E-state index contributed by atoms with van der Waals surface area (Å²) >= 11 is 11.4. The topological polar surface area (TPSA) is 56.0 Å². The van der Waals surface area contributed by atoms with E-state index < -0.39 is 5.91 Å². The SMILES string of the molecule is CCc1cc(Cl)nc(Cl)c1C(N)=O. The molecule has 1 heterocycles. The summed E-state index contributed by atoms with van der Waals surface area (Å²) in [4.78, 5) is 14.7. The Labute approximate surface area is 85.9 Å². The van der Waals surface area contributed by atoms with Gasteiger partial charge in [-0.05, 0) is 18.1 Å². The fourth-order valence-corrected chi connectivity index (χ4v) is 1.63. The van der Waals surface area contributed by atoms with Gasteiger partial charge in [-0.3, -0.25) is 4.79 Å². The molecule has 0 spiro atoms. The minimum Gasteiger partial charge on any atom is -0.365 e. The van der Waals surface area contributed by atoms with E-state index in [0.29, 0.717) is 6.42 Å². The summed E-state index contributed by atoms with van der Waals surface area (Å²) in [6.45, 7) is 1.88. The Morgan fingerprint density at radius 3 is 2.69 bits per heavy atom. The van der Waals surface area contributed by atoms with Gasteiger partial charge in [0.25, 0.3) is 5.91 Å². The molecule has 0 atom stereocenters. The van der Waals surface area contributed by atoms with Gasteiger partial charge < -0.3 is 5.73 Å². The van der Waals surface area contributed by atoms with Crippen LogP contribution in [0.15, 0.2) is 6.07 Å². The van der Waals surface area contributed by atoms with E-state index in [-0.39, 0.29) is 15.9 Å². The fourth-order valence-electron chi connectivity index (χ4n) is 1.07. The van der Waals surface area contributed by atoms with Crippen LogP contribution in [0.3, 0.4) is 0 Å². The molecule has 0 radical (unpaired) electrons. The predicted octanol–water partition coefficient (Wildman–Crippen LogP) is 2.05. The average molecular weight is 219 g/mol. The third-order valence-electron chi connectivity index (χ3n) is 1.65. The molecule has 1 amide bonds. The maximum atomic E-state index is 11.0. The number of hydrogen-bond donors (Lipinski definition) is 1. The first-order chi connectivity index (χ1) is 6.06. The maximum Gasteiger partial charge on any atom is 0.252 e. The summed E-state index contributed by atoms with van der Waals surface area (Å²) in [6, 6.07) is 1.59. The van der Waals surface area contributed by atoms with E-state index in [4.69, 9.17) is 28.9 Å². The van der Waals surface area contributed by atoms with Crippen molar-refractivity contribution in [1.82, 2.24) is 4.98 Å². The molecule has 0 saturated heterocycles. The second-order valence-electron chi connectivity index (χ2n) is 2.49. The van der Waals surface area contributed by atoms with Crippen LogP contribution in [0.5, 0.6) is 0 Å². The Morgan fingerprint density at radius 2 is 2.23 bits per heavy atom. The smallest absolute Gasteiger partial charge is 0.252 e. The lowest BCUT2D eigenvalue weighted by molar-refractivity contribution is 0.0999. The monoisotopic (exact) mass is 218 g/mol. The van der Waals surface area contributed by atoms with Crippen molar-refractivity contribution in [3.05, 3.63) is 27.5 Å². The summed E-state index contributed by atoms with van der Waals surface area (Å²) in [7, 11) is 0. The van der Waals surface area contributed by atoms with Crippen LogP contribution < -0.4 is 5.73 Å². The summed E-state index contributed by atoms with van der Waals surface area (Å²) in [5.41, 5.74) is 6.11. The highest BCUT2D eigenvalue weighted by Crippen LogP contribution is 2.21. The molecule has 0 aliphatic rings. The molecule has 1 rings (SSSR count). The molecule has 0 bridgehead atoms. The molecule has 0 fully saturated rings. The third-order valence-corrected chi connectivity index (χ3v) is 2.12. The zero-order chi connectivity index (χ0) is 10.0. The second kappa shape index (κ2) is 3.94. The fraction of sp³-hybridized carbons (Fsp3) is 0.250. The number of rotatable bonds is 2. The number of hydrogen-bond acceptors (Lipinski definition) is 2. The van der Waals surface area contributed by atoms with Gasteiger partial charge in [0.1, 0.15) is 10.3 Å². The Kier molecular flexibility index (Phi) is 3.12. The van der Waals surface area contributed by atoms with Crippen LogP contribution in [-0.4, -0.2) is 10.9 Å². The highest BCUT2D eigenvalue weighted by molar-refractivity contribution is 6.34. The predicted molar refractivity (Wildman–Crippen MR) is 52.2 cm³/mol. The number of aromatic nitrogens is 1. The van der Waals surface area contributed by atoms with Gasteiger partial charge in [-0.25, -0.2) is 4.98 Å². The molecule has 3 nitrogen and oxygen atoms in total. The molecule has 0 saturated carbocycles. The molecule has 1 aromatic heterocycles. The van der Waals surface area contributed by atoms with Crippen molar-refractivity contribution in [2.75, 3.05) is 0 Å². The first kappa shape index (κ1) is 10.3. The molecule has 2 N–H and O–H groups in total. The van der Waals surface area contributed by atoms with Crippen molar-refractivity contribution >= 4 is 29.1 Å². The van der Waals surface area contributed by atoms with Crippen molar-refractivity contribution in [1.29, 1.82) is 0 Å². The van der Waals surface area contributed by atoms with E-state index in [2.05, 4.69) is 4.98 Å². The first-order valence-electron chi connectivity index (χ1n) is 3.71. The normalized spacial score (nSPS) is 10.1. The number of nitrogens with zero attached hydrogens (tertiary/aromatic N) is 1. The molecule has 0 aliphatic heterocycles. The van der Waals surface area contributed by atoms with Gasteiger partial charge in [0, 0.05) is 0 Å². The van der Waals surface area contributed by atoms with Crippen LogP contribution in [0.2, 0.25) is 10.3 Å². The van der Waals surface area contributed by atoms with Crippen LogP contribution in [-0.2, 0) is 6.42 Å². The zero-order valence-electron chi connectivity index (χ0n) is 6.97. The van der Waals surface area contributed by atoms with E-state index in [0.717, 1.165) is 5.56 Å². The molecular formula is C8H8Cl2N2O. The Hall–Kier alpha value is -0.800. The van der Waals surface area contributed by atoms with Gasteiger partial charge in [0.2, 0.25) is 0 Å². The van der Waals surface area contributed by atoms with Crippen molar-refractivity contribution in [3.8, 4) is 0 Å². The lowest BCUT2D eigenvalue weighted by atomic mass is 10.1. The van der Waals surface area contributed by atoms with E-state index in [1.165, 1.54) is 0 Å². The molecule has 13 heavy (non-hydrogen) atoms. The number of carbonyl (C=O) groups is 1. The third kappa shape index (κ3) is 2.11. The number of aryl methyl sites for hydroxylation is 1. The molecular weight excluding hydrogens is 211 g/mol. The zero-order valence-corrected chi connectivity index (χ0v) is 8.49. The van der Waals surface area contributed by atoms with E-state index in [1.807, 2.05) is 6.92 Å². The largest absolute Gasteiger partial charge is 0.365 e. The number of carbonyl (C=O) groups excluding carboxylic acids is 1. The molecule has 1 aromatic rings. The minimum absolute atomic E-state index is 0.0665. The quantitative estimate of drug-likeness (QED) is 0.773. The van der Waals surface area contributed by atoms with Crippen LogP contribution in [0.4, 0.5) is 0 Å². The van der Waals surface area contributed by atoms with Crippen molar-refractivity contribution in [2.45, 2.75) is 13.3 Å². The average Bonchev–Trinajstić information content (AvgIpc) is 2.01. The molecule has 5 heteroatoms. The van der Waals surface area contributed by atoms with Crippen molar-refractivity contribution in [3.63, 3.8) is 0 Å². The Balaban J connectivity index is 3.38. The van der Waals surface area contributed by atoms with E-state index >= 15 is 0 Å². The van der Waals surface area contributed by atoms with Crippen LogP contribution in [0.25, 0.3) is 0 Å². The van der Waals surface area contributed by atoms with Crippen molar-refractivity contribution in [2.24, 2.45) is 5.73 Å². The standard InChI is InChI=1S/C8H8Cl2N2O/c1-2-4-3-5(9)12-7(10)6(4)8(11)13/h3H,2H2,1H3,(H2,11,13). The van der Waals surface area contributed by atoms with Gasteiger partial charge in [0.15, 0.2) is 0 Å². The summed E-state index contributed by atoms with van der Waals surface area (Å²) < 4.78 is 0. The summed E-state index contributed by atoms with van der Waals surface area (Å²) in [5.74, 6) is -0.578. The minimum atomic E-state index is -0.578. The van der Waals surface area contributed by atoms with Gasteiger partial charge in [0.05, 0.1) is 5.56 Å².